The number of phenols is 1. The summed E-state index contributed by atoms with van der Waals surface area (Å²) in [6.07, 6.45) is 3.48. The maximum Gasteiger partial charge on any atom is 0.324 e. The van der Waals surface area contributed by atoms with E-state index in [0.717, 1.165) is 44.5 Å². The van der Waals surface area contributed by atoms with Gasteiger partial charge in [0, 0.05) is 81.4 Å². The fourth-order valence-electron chi connectivity index (χ4n) is 10.5. The second-order valence-electron chi connectivity index (χ2n) is 20.9. The Labute approximate surface area is 418 Å². The van der Waals surface area contributed by atoms with Crippen LogP contribution in [0.5, 0.6) is 5.75 Å². The fraction of sp³-hybridized carbons (Fsp3) is 0.527. The van der Waals surface area contributed by atoms with Gasteiger partial charge in [-0.05, 0) is 131 Å². The van der Waals surface area contributed by atoms with E-state index in [9.17, 15) is 29.1 Å². The van der Waals surface area contributed by atoms with Crippen LogP contribution >= 0.6 is 0 Å². The van der Waals surface area contributed by atoms with Crippen molar-refractivity contribution in [2.24, 2.45) is 17.3 Å². The quantitative estimate of drug-likeness (QED) is 0.121. The number of amides is 4. The van der Waals surface area contributed by atoms with E-state index in [1.165, 1.54) is 9.91 Å². The number of nitrogens with one attached hydrogen (secondary N) is 2. The molecule has 4 amide bonds. The molecule has 7 rings (SSSR count). The third-order valence-electron chi connectivity index (χ3n) is 14.0. The normalized spacial score (nSPS) is 20.3. The SMILES string of the molecule is CC#CC(=O)N1CC[C@H](C(=O)N(C)C(C(=O)N[C@H]2Cc3cc(O)cc(c3)-c3ccc4c(c3)c(c(-c3cc(CN(C)C)cnc3[C@H](C)OC)n4CC)CC(C)(C)COC(=O)[C@@H]3CCCN(N3)C2=O)C(C)C)C1. The molecular formula is C55H72N8O8. The molecule has 5 atom stereocenters. The first-order chi connectivity index (χ1) is 33.7. The largest absolute Gasteiger partial charge is 0.508 e. The van der Waals surface area contributed by atoms with Gasteiger partial charge in [0.2, 0.25) is 11.8 Å². The number of carbonyl (C=O) groups is 5. The standard InChI is InChI=1S/C55H72N8O8/c1-12-15-47(65)61-21-19-38(31-61)52(67)60(10)49(33(3)4)51(66)57-45-25-35-22-39(26-40(64)23-35)37-17-18-46-41(27-37)43(28-55(6,7)32-71-54(69)44-16-14-20-63(58-44)53(45)68)50(62(46)13-2)42-24-36(30-59(8)9)29-56-48(42)34(5)70-11/h17-18,22-24,26-27,29,33-34,38,44-45,49,58,64H,13-14,16,19-21,25,28,30-32H2,1-11H3,(H,57,66)/t34-,38-,44-,45-,49?/m0/s1. The van der Waals surface area contributed by atoms with E-state index in [4.69, 9.17) is 14.5 Å². The maximum absolute atomic E-state index is 14.8. The van der Waals surface area contributed by atoms with Crippen LogP contribution in [0.2, 0.25) is 0 Å². The Balaban J connectivity index is 1.32. The zero-order valence-corrected chi connectivity index (χ0v) is 43.3. The molecule has 0 saturated carbocycles. The molecule has 71 heavy (non-hydrogen) atoms. The van der Waals surface area contributed by atoms with Crippen LogP contribution in [0.15, 0.2) is 48.7 Å². The Morgan fingerprint density at radius 2 is 1.80 bits per heavy atom. The number of rotatable bonds is 11. The minimum Gasteiger partial charge on any atom is -0.508 e. The van der Waals surface area contributed by atoms with Gasteiger partial charge in [-0.25, -0.2) is 5.43 Å². The summed E-state index contributed by atoms with van der Waals surface area (Å²) in [4.78, 5) is 80.1. The summed E-state index contributed by atoms with van der Waals surface area (Å²) in [6, 6.07) is 10.7. The first-order valence-electron chi connectivity index (χ1n) is 24.9. The van der Waals surface area contributed by atoms with E-state index in [1.54, 1.807) is 38.1 Å². The van der Waals surface area contributed by atoms with Crippen molar-refractivity contribution in [2.45, 2.75) is 118 Å². The molecule has 2 fully saturated rings. The van der Waals surface area contributed by atoms with Gasteiger partial charge in [-0.2, -0.15) is 0 Å². The van der Waals surface area contributed by atoms with Crippen LogP contribution in [0.25, 0.3) is 33.3 Å². The Morgan fingerprint density at radius 1 is 1.04 bits per heavy atom. The summed E-state index contributed by atoms with van der Waals surface area (Å²) < 4.78 is 14.4. The van der Waals surface area contributed by atoms with E-state index in [2.05, 4.69) is 71.0 Å². The molecule has 0 spiro atoms. The van der Waals surface area contributed by atoms with Crippen LogP contribution in [0.3, 0.4) is 0 Å². The average molecular weight is 973 g/mol. The number of hydrazine groups is 1. The highest BCUT2D eigenvalue weighted by Gasteiger charge is 2.40. The molecule has 6 bridgehead atoms. The molecule has 1 unspecified atom stereocenters. The molecular weight excluding hydrogens is 901 g/mol. The summed E-state index contributed by atoms with van der Waals surface area (Å²) >= 11 is 0. The average Bonchev–Trinajstić information content (AvgIpc) is 3.95. The number of nitrogens with zero attached hydrogens (tertiary/aromatic N) is 6. The summed E-state index contributed by atoms with van der Waals surface area (Å²) in [5, 5.41) is 16.8. The Morgan fingerprint density at radius 3 is 2.49 bits per heavy atom. The molecule has 16 heteroatoms. The lowest BCUT2D eigenvalue weighted by Gasteiger charge is -2.37. The number of esters is 1. The molecule has 2 aromatic heterocycles. The van der Waals surface area contributed by atoms with Crippen molar-refractivity contribution >= 4 is 40.5 Å². The van der Waals surface area contributed by atoms with Gasteiger partial charge < -0.3 is 39.2 Å². The van der Waals surface area contributed by atoms with Crippen molar-refractivity contribution in [1.29, 1.82) is 0 Å². The van der Waals surface area contributed by atoms with Crippen LogP contribution in [-0.4, -0.2) is 137 Å². The van der Waals surface area contributed by atoms with Gasteiger partial charge in [-0.1, -0.05) is 45.7 Å². The number of cyclic esters (lactones) is 1. The zero-order valence-electron chi connectivity index (χ0n) is 43.3. The highest BCUT2D eigenvalue weighted by atomic mass is 16.5. The molecule has 3 N–H and O–H groups in total. The van der Waals surface area contributed by atoms with Crippen molar-refractivity contribution in [3.63, 3.8) is 0 Å². The van der Waals surface area contributed by atoms with E-state index >= 15 is 0 Å². The molecule has 5 heterocycles. The van der Waals surface area contributed by atoms with Crippen molar-refractivity contribution in [1.82, 2.24) is 40.0 Å². The molecule has 2 aromatic carbocycles. The minimum atomic E-state index is -1.18. The lowest BCUT2D eigenvalue weighted by Crippen LogP contribution is -2.62. The van der Waals surface area contributed by atoms with Crippen LogP contribution in [0.4, 0.5) is 0 Å². The van der Waals surface area contributed by atoms with Gasteiger partial charge in [0.25, 0.3) is 11.8 Å². The smallest absolute Gasteiger partial charge is 0.324 e. The highest BCUT2D eigenvalue weighted by Crippen LogP contribution is 2.43. The number of phenolic OH excluding ortho intramolecular Hbond substituents is 1. The predicted octanol–water partition coefficient (Wildman–Crippen LogP) is 5.87. The number of ether oxygens (including phenoxy) is 2. The van der Waals surface area contributed by atoms with Crippen molar-refractivity contribution < 1.29 is 38.6 Å². The van der Waals surface area contributed by atoms with Crippen LogP contribution in [-0.2, 0) is 59.4 Å². The third-order valence-corrected chi connectivity index (χ3v) is 14.0. The third kappa shape index (κ3) is 11.6. The molecule has 3 aliphatic heterocycles. The molecule has 4 aromatic rings. The molecule has 3 aliphatic rings. The lowest BCUT2D eigenvalue weighted by molar-refractivity contribution is -0.155. The maximum atomic E-state index is 14.8. The number of methoxy groups -OCH3 is 1. The Bertz CT molecular complexity index is 2730. The molecule has 0 radical (unpaired) electrons. The summed E-state index contributed by atoms with van der Waals surface area (Å²) in [5.41, 5.74) is 10.6. The van der Waals surface area contributed by atoms with Gasteiger partial charge in [0.05, 0.1) is 30.0 Å². The first kappa shape index (κ1) is 52.5. The first-order valence-corrected chi connectivity index (χ1v) is 24.9. The highest BCUT2D eigenvalue weighted by molar-refractivity contribution is 5.97. The lowest BCUT2D eigenvalue weighted by atomic mass is 9.84. The van der Waals surface area contributed by atoms with Crippen LogP contribution in [0.1, 0.15) is 96.2 Å². The Kier molecular flexibility index (Phi) is 16.3. The van der Waals surface area contributed by atoms with Gasteiger partial charge in [0.15, 0.2) is 0 Å². The summed E-state index contributed by atoms with van der Waals surface area (Å²) in [7, 11) is 7.33. The number of likely N-dealkylation sites (N-methyl/N-ethyl adjacent to an activating group) is 1. The monoisotopic (exact) mass is 973 g/mol. The van der Waals surface area contributed by atoms with Crippen LogP contribution in [0, 0.1) is 29.1 Å². The van der Waals surface area contributed by atoms with Gasteiger partial charge >= 0.3 is 5.97 Å². The van der Waals surface area contributed by atoms with Crippen molar-refractivity contribution in [2.75, 3.05) is 54.5 Å². The number of hydrogen-bond acceptors (Lipinski definition) is 11. The minimum absolute atomic E-state index is 0.0158. The topological polar surface area (TPSA) is 179 Å². The number of benzene rings is 2. The number of pyridine rings is 1. The zero-order chi connectivity index (χ0) is 51.5. The van der Waals surface area contributed by atoms with Crippen molar-refractivity contribution in [3.8, 4) is 40.0 Å². The van der Waals surface area contributed by atoms with E-state index < -0.39 is 47.2 Å². The van der Waals surface area contributed by atoms with Gasteiger partial charge in [-0.15, -0.1) is 0 Å². The second-order valence-corrected chi connectivity index (χ2v) is 20.9. The summed E-state index contributed by atoms with van der Waals surface area (Å²) in [6.45, 7) is 15.8. The van der Waals surface area contributed by atoms with Crippen molar-refractivity contribution in [3.05, 3.63) is 71.0 Å². The van der Waals surface area contributed by atoms with Crippen LogP contribution < -0.4 is 10.7 Å². The van der Waals surface area contributed by atoms with Gasteiger partial charge in [-0.3, -0.25) is 34.0 Å². The van der Waals surface area contributed by atoms with E-state index in [0.29, 0.717) is 56.4 Å². The number of fused-ring (bicyclic) bond motifs is 6. The molecule has 380 valence electrons. The number of likely N-dealkylation sites (tertiary alicyclic amines) is 1. The Hall–Kier alpha value is -6.28. The second kappa shape index (κ2) is 22.0. The fourth-order valence-corrected chi connectivity index (χ4v) is 10.5. The number of hydrogen-bond donors (Lipinski definition) is 3. The van der Waals surface area contributed by atoms with Gasteiger partial charge in [0.1, 0.15) is 23.9 Å². The molecule has 2 saturated heterocycles. The number of aromatic hydroxyl groups is 1. The predicted molar refractivity (Wildman–Crippen MR) is 272 cm³/mol. The number of aromatic nitrogens is 2. The number of carbonyl (C=O) groups excluding carboxylic acids is 5. The number of aryl methyl sites for hydroxylation is 1. The summed E-state index contributed by atoms with van der Waals surface area (Å²) in [5.74, 6) is 2.15. The van der Waals surface area contributed by atoms with E-state index in [1.807, 2.05) is 53.2 Å². The molecule has 16 nitrogen and oxygen atoms in total. The molecule has 0 aliphatic carbocycles. The van der Waals surface area contributed by atoms with E-state index in [-0.39, 0.29) is 55.7 Å².